The Kier molecular flexibility index (Phi) is 3.57. The van der Waals surface area contributed by atoms with Crippen molar-refractivity contribution in [2.45, 2.75) is 30.6 Å². The molecule has 0 radical (unpaired) electrons. The molecule has 0 spiro atoms. The van der Waals surface area contributed by atoms with Crippen LogP contribution < -0.4 is 4.72 Å². The van der Waals surface area contributed by atoms with Gasteiger partial charge in [0.1, 0.15) is 10.6 Å². The van der Waals surface area contributed by atoms with Crippen molar-refractivity contribution in [3.63, 3.8) is 0 Å². The van der Waals surface area contributed by atoms with E-state index < -0.39 is 16.0 Å². The van der Waals surface area contributed by atoms with Crippen molar-refractivity contribution in [2.75, 3.05) is 6.54 Å². The molecule has 0 saturated heterocycles. The maximum absolute atomic E-state index is 12.3. The zero-order valence-corrected chi connectivity index (χ0v) is 12.8. The molecular weight excluding hydrogens is 292 g/mol. The van der Waals surface area contributed by atoms with Crippen LogP contribution in [0.2, 0.25) is 0 Å². The van der Waals surface area contributed by atoms with Gasteiger partial charge in [-0.3, -0.25) is 0 Å². The molecule has 6 nitrogen and oxygen atoms in total. The lowest BCUT2D eigenvalue weighted by Gasteiger charge is -2.21. The molecule has 2 fully saturated rings. The van der Waals surface area contributed by atoms with Crippen LogP contribution in [-0.4, -0.2) is 30.6 Å². The van der Waals surface area contributed by atoms with Crippen LogP contribution in [0, 0.1) is 17.8 Å². The number of fused-ring (bicyclic) bond motifs is 2. The van der Waals surface area contributed by atoms with E-state index in [4.69, 9.17) is 5.11 Å². The van der Waals surface area contributed by atoms with Crippen molar-refractivity contribution in [1.82, 2.24) is 9.29 Å². The average Bonchev–Trinajstić information content (AvgIpc) is 3.10. The molecule has 1 aromatic heterocycles. The molecule has 2 bridgehead atoms. The second-order valence-corrected chi connectivity index (χ2v) is 8.03. The van der Waals surface area contributed by atoms with Crippen LogP contribution in [0.5, 0.6) is 0 Å². The number of aryl methyl sites for hydroxylation is 1. The zero-order valence-electron chi connectivity index (χ0n) is 11.9. The molecule has 1 aromatic rings. The van der Waals surface area contributed by atoms with E-state index >= 15 is 0 Å². The highest BCUT2D eigenvalue weighted by molar-refractivity contribution is 7.89. The molecule has 3 atom stereocenters. The number of nitrogens with zero attached hydrogens (tertiary/aromatic N) is 1. The van der Waals surface area contributed by atoms with Gasteiger partial charge >= 0.3 is 5.97 Å². The minimum absolute atomic E-state index is 0.0190. The quantitative estimate of drug-likeness (QED) is 0.861. The molecule has 2 N–H and O–H groups in total. The first kappa shape index (κ1) is 14.6. The number of carboxylic acids is 1. The first-order chi connectivity index (χ1) is 9.87. The summed E-state index contributed by atoms with van der Waals surface area (Å²) in [6, 6.07) is 1.20. The number of nitrogens with one attached hydrogen (secondary N) is 1. The highest BCUT2D eigenvalue weighted by atomic mass is 32.2. The molecule has 0 amide bonds. The van der Waals surface area contributed by atoms with Crippen molar-refractivity contribution in [1.29, 1.82) is 0 Å². The summed E-state index contributed by atoms with van der Waals surface area (Å²) >= 11 is 0. The van der Waals surface area contributed by atoms with Crippen molar-refractivity contribution >= 4 is 16.0 Å². The fourth-order valence-corrected chi connectivity index (χ4v) is 4.98. The van der Waals surface area contributed by atoms with Crippen molar-refractivity contribution in [2.24, 2.45) is 24.8 Å². The Hall–Kier alpha value is -1.34. The number of carboxylic acid groups (broad SMARTS) is 1. The van der Waals surface area contributed by atoms with E-state index in [1.54, 1.807) is 0 Å². The zero-order chi connectivity index (χ0) is 15.2. The summed E-state index contributed by atoms with van der Waals surface area (Å²) in [5, 5.41) is 8.98. The smallest absolute Gasteiger partial charge is 0.352 e. The highest BCUT2D eigenvalue weighted by Crippen LogP contribution is 2.48. The van der Waals surface area contributed by atoms with Crippen molar-refractivity contribution in [3.05, 3.63) is 18.0 Å². The van der Waals surface area contributed by atoms with Crippen molar-refractivity contribution < 1.29 is 18.3 Å². The predicted octanol–water partition coefficient (Wildman–Crippen LogP) is 1.44. The fraction of sp³-hybridized carbons (Fsp3) is 0.643. The third kappa shape index (κ3) is 2.72. The predicted molar refractivity (Wildman–Crippen MR) is 76.5 cm³/mol. The summed E-state index contributed by atoms with van der Waals surface area (Å²) in [4.78, 5) is 11.0. The lowest BCUT2D eigenvalue weighted by Crippen LogP contribution is -2.31. The van der Waals surface area contributed by atoms with Crippen LogP contribution >= 0.6 is 0 Å². The molecule has 1 heterocycles. The van der Waals surface area contributed by atoms with Gasteiger partial charge in [-0.25, -0.2) is 17.9 Å². The van der Waals surface area contributed by atoms with Crippen molar-refractivity contribution in [3.8, 4) is 0 Å². The maximum atomic E-state index is 12.3. The Morgan fingerprint density at radius 1 is 1.43 bits per heavy atom. The average molecular weight is 312 g/mol. The second kappa shape index (κ2) is 5.14. The lowest BCUT2D eigenvalue weighted by atomic mass is 9.89. The number of sulfonamides is 1. The maximum Gasteiger partial charge on any atom is 0.352 e. The Labute approximate surface area is 124 Å². The van der Waals surface area contributed by atoms with Crippen LogP contribution in [-0.2, 0) is 17.1 Å². The molecule has 2 aliphatic carbocycles. The summed E-state index contributed by atoms with van der Waals surface area (Å²) < 4.78 is 28.5. The Balaban J connectivity index is 1.69. The van der Waals surface area contributed by atoms with Gasteiger partial charge in [-0.05, 0) is 43.1 Å². The largest absolute Gasteiger partial charge is 0.477 e. The number of hydrogen-bond acceptors (Lipinski definition) is 3. The van der Waals surface area contributed by atoms with Gasteiger partial charge < -0.3 is 9.67 Å². The molecule has 3 rings (SSSR count). The minimum atomic E-state index is -3.63. The molecule has 0 aromatic carbocycles. The number of rotatable bonds is 5. The topological polar surface area (TPSA) is 88.4 Å². The van der Waals surface area contributed by atoms with E-state index in [1.165, 1.54) is 43.1 Å². The van der Waals surface area contributed by atoms with Gasteiger partial charge in [-0.15, -0.1) is 0 Å². The van der Waals surface area contributed by atoms with E-state index in [-0.39, 0.29) is 10.6 Å². The molecule has 7 heteroatoms. The summed E-state index contributed by atoms with van der Waals surface area (Å²) in [5.41, 5.74) is -0.0321. The third-order valence-corrected chi connectivity index (χ3v) is 6.32. The first-order valence-electron chi connectivity index (χ1n) is 7.26. The van der Waals surface area contributed by atoms with Crippen LogP contribution in [0.1, 0.15) is 36.2 Å². The number of aromatic nitrogens is 1. The Morgan fingerprint density at radius 2 is 2.19 bits per heavy atom. The SMILES string of the molecule is Cn1cc(S(=O)(=O)NCC2CC3CCC2C3)cc1C(=O)O. The second-order valence-electron chi connectivity index (χ2n) is 6.26. The van der Waals surface area contributed by atoms with Crippen LogP contribution in [0.25, 0.3) is 0 Å². The molecule has 21 heavy (non-hydrogen) atoms. The number of aromatic carboxylic acids is 1. The highest BCUT2D eigenvalue weighted by Gasteiger charge is 2.39. The first-order valence-corrected chi connectivity index (χ1v) is 8.74. The monoisotopic (exact) mass is 312 g/mol. The van der Waals surface area contributed by atoms with Gasteiger partial charge in [0, 0.05) is 19.8 Å². The van der Waals surface area contributed by atoms with Gasteiger partial charge in [0.25, 0.3) is 0 Å². The summed E-state index contributed by atoms with van der Waals surface area (Å²) in [6.07, 6.45) is 6.19. The lowest BCUT2D eigenvalue weighted by molar-refractivity contribution is 0.0686. The van der Waals surface area contributed by atoms with Gasteiger partial charge in [-0.1, -0.05) is 6.42 Å². The van der Waals surface area contributed by atoms with E-state index in [0.29, 0.717) is 18.4 Å². The number of carbonyl (C=O) groups is 1. The van der Waals surface area contributed by atoms with E-state index in [9.17, 15) is 13.2 Å². The fourth-order valence-electron chi connectivity index (χ4n) is 3.82. The van der Waals surface area contributed by atoms with Gasteiger partial charge in [0.05, 0.1) is 0 Å². The minimum Gasteiger partial charge on any atom is -0.477 e. The molecule has 2 aliphatic rings. The van der Waals surface area contributed by atoms with E-state index in [2.05, 4.69) is 4.72 Å². The molecular formula is C14H20N2O4S. The van der Waals surface area contributed by atoms with Gasteiger partial charge in [0.2, 0.25) is 10.0 Å². The summed E-state index contributed by atoms with van der Waals surface area (Å²) in [5.74, 6) is 0.733. The normalized spacial score (nSPS) is 28.1. The van der Waals surface area contributed by atoms with Gasteiger partial charge in [-0.2, -0.15) is 0 Å². The van der Waals surface area contributed by atoms with E-state index in [1.807, 2.05) is 0 Å². The Bertz CT molecular complexity index is 665. The van der Waals surface area contributed by atoms with Crippen LogP contribution in [0.4, 0.5) is 0 Å². The standard InChI is InChI=1S/C14H20N2O4S/c1-16-8-12(6-13(16)14(17)18)21(19,20)15-7-11-5-9-2-3-10(11)4-9/h6,8-11,15H,2-5,7H2,1H3,(H,17,18). The van der Waals surface area contributed by atoms with E-state index in [0.717, 1.165) is 12.3 Å². The summed E-state index contributed by atoms with van der Waals surface area (Å²) in [6.45, 7) is 0.459. The van der Waals surface area contributed by atoms with Gasteiger partial charge in [0.15, 0.2) is 0 Å². The third-order valence-electron chi connectivity index (χ3n) is 4.93. The molecule has 2 saturated carbocycles. The molecule has 116 valence electrons. The van der Waals surface area contributed by atoms with Crippen LogP contribution in [0.15, 0.2) is 17.2 Å². The number of hydrogen-bond donors (Lipinski definition) is 2. The van der Waals surface area contributed by atoms with Crippen LogP contribution in [0.3, 0.4) is 0 Å². The molecule has 0 aliphatic heterocycles. The summed E-state index contributed by atoms with van der Waals surface area (Å²) in [7, 11) is -2.11. The Morgan fingerprint density at radius 3 is 2.71 bits per heavy atom. The molecule has 3 unspecified atom stereocenters.